The van der Waals surface area contributed by atoms with E-state index in [0.29, 0.717) is 6.79 Å². The van der Waals surface area contributed by atoms with Gasteiger partial charge in [0.15, 0.2) is 11.5 Å². The van der Waals surface area contributed by atoms with Gasteiger partial charge in [-0.3, -0.25) is 0 Å². The van der Waals surface area contributed by atoms with Gasteiger partial charge in [-0.25, -0.2) is 0 Å². The molecule has 2 heteroatoms. The highest BCUT2D eigenvalue weighted by atomic mass is 16.7. The van der Waals surface area contributed by atoms with Crippen molar-refractivity contribution in [3.05, 3.63) is 83.0 Å². The van der Waals surface area contributed by atoms with Crippen LogP contribution in [0.25, 0.3) is 11.1 Å². The summed E-state index contributed by atoms with van der Waals surface area (Å²) in [7, 11) is 0. The van der Waals surface area contributed by atoms with Crippen LogP contribution in [0.3, 0.4) is 0 Å². The fourth-order valence-electron chi connectivity index (χ4n) is 3.56. The molecular formula is C25H28O2. The maximum Gasteiger partial charge on any atom is 0.231 e. The van der Waals surface area contributed by atoms with Gasteiger partial charge in [0, 0.05) is 0 Å². The third-order valence-corrected chi connectivity index (χ3v) is 4.78. The molecule has 0 atom stereocenters. The number of benzene rings is 2. The number of hydrogen-bond acceptors (Lipinski definition) is 2. The van der Waals surface area contributed by atoms with Gasteiger partial charge in [0.2, 0.25) is 6.79 Å². The van der Waals surface area contributed by atoms with E-state index >= 15 is 0 Å². The lowest BCUT2D eigenvalue weighted by atomic mass is 9.85. The molecule has 0 aromatic heterocycles. The highest BCUT2D eigenvalue weighted by Crippen LogP contribution is 2.41. The van der Waals surface area contributed by atoms with Gasteiger partial charge in [0.05, 0.1) is 0 Å². The maximum atomic E-state index is 5.64. The van der Waals surface area contributed by atoms with E-state index < -0.39 is 0 Å². The quantitative estimate of drug-likeness (QED) is 0.519. The van der Waals surface area contributed by atoms with Gasteiger partial charge in [-0.1, -0.05) is 62.4 Å². The molecule has 27 heavy (non-hydrogen) atoms. The van der Waals surface area contributed by atoms with Crippen LogP contribution in [0.2, 0.25) is 0 Å². The zero-order valence-corrected chi connectivity index (χ0v) is 16.7. The Bertz CT molecular complexity index is 886. The summed E-state index contributed by atoms with van der Waals surface area (Å²) in [5, 5.41) is 0. The standard InChI is InChI=1S/C25H28O2/c1-5-11-21(19-13-9-8-10-14-19)20(7-3)22(12-6-2)23-16-25-24(15-18(23)4)26-17-27-25/h7-16H,5-6,17H2,1-4H3/b20-7-,21-11-,22-12-. The minimum absolute atomic E-state index is 0.298. The van der Waals surface area contributed by atoms with E-state index in [1.54, 1.807) is 0 Å². The molecular weight excluding hydrogens is 332 g/mol. The normalized spacial score (nSPS) is 14.6. The Morgan fingerprint density at radius 2 is 1.56 bits per heavy atom. The molecule has 1 aliphatic rings. The summed E-state index contributed by atoms with van der Waals surface area (Å²) in [6, 6.07) is 14.8. The maximum absolute atomic E-state index is 5.64. The third kappa shape index (κ3) is 4.00. The lowest BCUT2D eigenvalue weighted by molar-refractivity contribution is 0.174. The van der Waals surface area contributed by atoms with Crippen LogP contribution in [0.15, 0.2) is 66.3 Å². The van der Waals surface area contributed by atoms with Gasteiger partial charge in [-0.15, -0.1) is 0 Å². The second-order valence-corrected chi connectivity index (χ2v) is 6.64. The minimum Gasteiger partial charge on any atom is -0.454 e. The molecule has 0 radical (unpaired) electrons. The zero-order chi connectivity index (χ0) is 19.2. The van der Waals surface area contributed by atoms with Crippen molar-refractivity contribution in [2.45, 2.75) is 40.5 Å². The lowest BCUT2D eigenvalue weighted by Gasteiger charge is -2.19. The summed E-state index contributed by atoms with van der Waals surface area (Å²) < 4.78 is 11.2. The number of rotatable bonds is 6. The van der Waals surface area contributed by atoms with E-state index in [0.717, 1.165) is 24.3 Å². The highest BCUT2D eigenvalue weighted by Gasteiger charge is 2.20. The fourth-order valence-corrected chi connectivity index (χ4v) is 3.56. The topological polar surface area (TPSA) is 18.5 Å². The largest absolute Gasteiger partial charge is 0.454 e. The van der Waals surface area contributed by atoms with Crippen LogP contribution in [-0.2, 0) is 0 Å². The van der Waals surface area contributed by atoms with Gasteiger partial charge >= 0.3 is 0 Å². The van der Waals surface area contributed by atoms with E-state index in [2.05, 4.69) is 88.4 Å². The second-order valence-electron chi connectivity index (χ2n) is 6.64. The highest BCUT2D eigenvalue weighted by molar-refractivity contribution is 5.99. The van der Waals surface area contributed by atoms with Crippen LogP contribution in [0.5, 0.6) is 11.5 Å². The zero-order valence-electron chi connectivity index (χ0n) is 16.7. The number of aryl methyl sites for hydroxylation is 1. The van der Waals surface area contributed by atoms with Crippen LogP contribution < -0.4 is 9.47 Å². The van der Waals surface area contributed by atoms with Crippen molar-refractivity contribution in [3.63, 3.8) is 0 Å². The molecule has 0 N–H and O–H groups in total. The summed E-state index contributed by atoms with van der Waals surface area (Å²) in [5.41, 5.74) is 7.42. The molecule has 0 bridgehead atoms. The molecule has 0 saturated carbocycles. The second kappa shape index (κ2) is 8.77. The Morgan fingerprint density at radius 1 is 0.926 bits per heavy atom. The molecule has 2 nitrogen and oxygen atoms in total. The smallest absolute Gasteiger partial charge is 0.231 e. The molecule has 0 fully saturated rings. The van der Waals surface area contributed by atoms with Gasteiger partial charge in [0.1, 0.15) is 0 Å². The number of ether oxygens (including phenoxy) is 2. The molecule has 0 spiro atoms. The van der Waals surface area contributed by atoms with Crippen molar-refractivity contribution >= 4 is 11.1 Å². The fraction of sp³-hybridized carbons (Fsp3) is 0.280. The first kappa shape index (κ1) is 19.0. The first-order valence-electron chi connectivity index (χ1n) is 9.73. The van der Waals surface area contributed by atoms with E-state index in [4.69, 9.17) is 9.47 Å². The van der Waals surface area contributed by atoms with Gasteiger partial charge in [-0.2, -0.15) is 0 Å². The summed E-state index contributed by atoms with van der Waals surface area (Å²) in [4.78, 5) is 0. The monoisotopic (exact) mass is 360 g/mol. The molecule has 0 aliphatic carbocycles. The Morgan fingerprint density at radius 3 is 2.19 bits per heavy atom. The first-order chi connectivity index (χ1) is 13.2. The van der Waals surface area contributed by atoms with E-state index in [1.165, 1.54) is 33.4 Å². The van der Waals surface area contributed by atoms with Crippen molar-refractivity contribution < 1.29 is 9.47 Å². The van der Waals surface area contributed by atoms with Crippen molar-refractivity contribution in [3.8, 4) is 11.5 Å². The van der Waals surface area contributed by atoms with Crippen LogP contribution >= 0.6 is 0 Å². The molecule has 1 aliphatic heterocycles. The van der Waals surface area contributed by atoms with Crippen LogP contribution in [0.4, 0.5) is 0 Å². The number of fused-ring (bicyclic) bond motifs is 1. The molecule has 3 rings (SSSR count). The van der Waals surface area contributed by atoms with E-state index in [1.807, 2.05) is 0 Å². The molecule has 2 aromatic rings. The Balaban J connectivity index is 2.13. The van der Waals surface area contributed by atoms with Crippen LogP contribution in [0.1, 0.15) is 50.3 Å². The lowest BCUT2D eigenvalue weighted by Crippen LogP contribution is -1.98. The molecule has 0 amide bonds. The van der Waals surface area contributed by atoms with Gasteiger partial charge < -0.3 is 9.47 Å². The first-order valence-corrected chi connectivity index (χ1v) is 9.73. The van der Waals surface area contributed by atoms with E-state index in [-0.39, 0.29) is 0 Å². The third-order valence-electron chi connectivity index (χ3n) is 4.78. The molecule has 2 aromatic carbocycles. The van der Waals surface area contributed by atoms with Crippen LogP contribution in [-0.4, -0.2) is 6.79 Å². The Hall–Kier alpha value is -2.74. The molecule has 0 saturated heterocycles. The van der Waals surface area contributed by atoms with Crippen molar-refractivity contribution in [2.75, 3.05) is 6.79 Å². The predicted molar refractivity (Wildman–Crippen MR) is 114 cm³/mol. The summed E-state index contributed by atoms with van der Waals surface area (Å²) in [5.74, 6) is 1.66. The SMILES string of the molecule is C/C=C(C(=C\CC)/c1ccccc1)\C(=C\CC)c1cc2c(cc1C)OCO2. The summed E-state index contributed by atoms with van der Waals surface area (Å²) >= 11 is 0. The van der Waals surface area contributed by atoms with E-state index in [9.17, 15) is 0 Å². The number of allylic oxidation sites excluding steroid dienone is 6. The molecule has 1 heterocycles. The van der Waals surface area contributed by atoms with Gasteiger partial charge in [0.25, 0.3) is 0 Å². The minimum atomic E-state index is 0.298. The van der Waals surface area contributed by atoms with Crippen LogP contribution in [0, 0.1) is 6.92 Å². The van der Waals surface area contributed by atoms with Crippen molar-refractivity contribution in [1.82, 2.24) is 0 Å². The summed E-state index contributed by atoms with van der Waals surface area (Å²) in [6.07, 6.45) is 8.80. The predicted octanol–water partition coefficient (Wildman–Crippen LogP) is 6.96. The van der Waals surface area contributed by atoms with Crippen molar-refractivity contribution in [2.24, 2.45) is 0 Å². The Kier molecular flexibility index (Phi) is 6.18. The average molecular weight is 360 g/mol. The number of hydrogen-bond donors (Lipinski definition) is 0. The average Bonchev–Trinajstić information content (AvgIpc) is 3.14. The molecule has 140 valence electrons. The Labute approximate surface area is 162 Å². The summed E-state index contributed by atoms with van der Waals surface area (Å²) in [6.45, 7) is 8.92. The molecule has 0 unspecified atom stereocenters. The van der Waals surface area contributed by atoms with Crippen molar-refractivity contribution in [1.29, 1.82) is 0 Å². The van der Waals surface area contributed by atoms with Gasteiger partial charge in [-0.05, 0) is 72.2 Å².